The van der Waals surface area contributed by atoms with Crippen LogP contribution in [0.4, 0.5) is 5.69 Å². The van der Waals surface area contributed by atoms with Crippen molar-refractivity contribution in [2.75, 3.05) is 5.73 Å². The van der Waals surface area contributed by atoms with E-state index in [0.717, 1.165) is 27.4 Å². The van der Waals surface area contributed by atoms with Gasteiger partial charge in [0.05, 0.1) is 11.4 Å². The van der Waals surface area contributed by atoms with E-state index in [-0.39, 0.29) is 11.4 Å². The molecule has 1 aromatic heterocycles. The highest BCUT2D eigenvalue weighted by Gasteiger charge is 2.16. The molecule has 0 atom stereocenters. The van der Waals surface area contributed by atoms with E-state index < -0.39 is 10.0 Å². The van der Waals surface area contributed by atoms with E-state index in [9.17, 15) is 8.42 Å². The molecular formula is C14H19N3O2S2. The number of hydrogen-bond acceptors (Lipinski definition) is 5. The summed E-state index contributed by atoms with van der Waals surface area (Å²) in [6.07, 6.45) is 2.68. The molecule has 0 unspecified atom stereocenters. The molecule has 0 fully saturated rings. The Morgan fingerprint density at radius 1 is 1.33 bits per heavy atom. The zero-order chi connectivity index (χ0) is 15.6. The topological polar surface area (TPSA) is 85.1 Å². The Morgan fingerprint density at radius 2 is 2.05 bits per heavy atom. The van der Waals surface area contributed by atoms with Gasteiger partial charge in [-0.1, -0.05) is 6.92 Å². The number of nitrogen functional groups attached to an aromatic ring is 1. The van der Waals surface area contributed by atoms with Crippen molar-refractivity contribution in [1.82, 2.24) is 9.71 Å². The number of hydrogen-bond donors (Lipinski definition) is 2. The minimum absolute atomic E-state index is 0.190. The Hall–Kier alpha value is -1.44. The molecule has 0 aliphatic carbocycles. The number of sulfonamides is 1. The lowest BCUT2D eigenvalue weighted by Crippen LogP contribution is -2.23. The van der Waals surface area contributed by atoms with Crippen LogP contribution >= 0.6 is 11.3 Å². The molecule has 0 bridgehead atoms. The van der Waals surface area contributed by atoms with Gasteiger partial charge in [-0.05, 0) is 43.5 Å². The Bertz CT molecular complexity index is 728. The van der Waals surface area contributed by atoms with Crippen LogP contribution in [0.1, 0.15) is 27.9 Å². The number of aromatic nitrogens is 1. The third-order valence-corrected chi connectivity index (χ3v) is 5.88. The monoisotopic (exact) mass is 325 g/mol. The number of aryl methyl sites for hydroxylation is 2. The summed E-state index contributed by atoms with van der Waals surface area (Å²) in [4.78, 5) is 5.53. The molecule has 3 N–H and O–H groups in total. The summed E-state index contributed by atoms with van der Waals surface area (Å²) in [5.41, 5.74) is 8.09. The smallest absolute Gasteiger partial charge is 0.241 e. The van der Waals surface area contributed by atoms with Gasteiger partial charge in [0.15, 0.2) is 0 Å². The van der Waals surface area contributed by atoms with Crippen molar-refractivity contribution in [2.24, 2.45) is 0 Å². The fourth-order valence-electron chi connectivity index (χ4n) is 1.84. The minimum atomic E-state index is -3.58. The number of nitrogens with two attached hydrogens (primary N) is 1. The molecule has 2 aromatic rings. The van der Waals surface area contributed by atoms with Crippen LogP contribution in [0.2, 0.25) is 0 Å². The van der Waals surface area contributed by atoms with Gasteiger partial charge in [0.1, 0.15) is 5.01 Å². The molecule has 0 saturated carbocycles. The normalized spacial score (nSPS) is 11.8. The molecule has 7 heteroatoms. The predicted molar refractivity (Wildman–Crippen MR) is 85.8 cm³/mol. The number of thiazole rings is 1. The largest absolute Gasteiger partial charge is 0.398 e. The molecule has 0 amide bonds. The Balaban J connectivity index is 2.18. The standard InChI is InChI=1S/C14H19N3O2S2/c1-4-11-7-16-14(20-11)8-17-21(18,19)12-5-9(2)10(3)13(15)6-12/h5-7,17H,4,8,15H2,1-3H3. The summed E-state index contributed by atoms with van der Waals surface area (Å²) in [5, 5.41) is 0.757. The molecule has 0 saturated heterocycles. The highest BCUT2D eigenvalue weighted by molar-refractivity contribution is 7.89. The van der Waals surface area contributed by atoms with Crippen molar-refractivity contribution in [3.8, 4) is 0 Å². The van der Waals surface area contributed by atoms with E-state index in [1.54, 1.807) is 12.3 Å². The van der Waals surface area contributed by atoms with E-state index in [0.29, 0.717) is 5.69 Å². The van der Waals surface area contributed by atoms with Crippen LogP contribution in [0.25, 0.3) is 0 Å². The zero-order valence-electron chi connectivity index (χ0n) is 12.3. The van der Waals surface area contributed by atoms with Crippen LogP contribution in [0, 0.1) is 13.8 Å². The van der Waals surface area contributed by atoms with Gasteiger partial charge >= 0.3 is 0 Å². The van der Waals surface area contributed by atoms with Gasteiger partial charge in [-0.3, -0.25) is 0 Å². The lowest BCUT2D eigenvalue weighted by molar-refractivity contribution is 0.581. The average Bonchev–Trinajstić information content (AvgIpc) is 2.90. The first-order chi connectivity index (χ1) is 9.83. The molecule has 21 heavy (non-hydrogen) atoms. The SMILES string of the molecule is CCc1cnc(CNS(=O)(=O)c2cc(C)c(C)c(N)c2)s1. The molecule has 1 aromatic carbocycles. The second kappa shape index (κ2) is 6.13. The fourth-order valence-corrected chi connectivity index (χ4v) is 3.84. The molecule has 2 rings (SSSR count). The van der Waals surface area contributed by atoms with Crippen LogP contribution in [-0.4, -0.2) is 13.4 Å². The van der Waals surface area contributed by atoms with Crippen molar-refractivity contribution in [2.45, 2.75) is 38.6 Å². The second-order valence-corrected chi connectivity index (χ2v) is 7.82. The third kappa shape index (κ3) is 3.61. The van der Waals surface area contributed by atoms with Gasteiger partial charge in [-0.15, -0.1) is 11.3 Å². The summed E-state index contributed by atoms with van der Waals surface area (Å²) >= 11 is 1.51. The lowest BCUT2D eigenvalue weighted by Gasteiger charge is -2.10. The maximum atomic E-state index is 12.3. The fraction of sp³-hybridized carbons (Fsp3) is 0.357. The molecule has 0 spiro atoms. The zero-order valence-corrected chi connectivity index (χ0v) is 13.9. The third-order valence-electron chi connectivity index (χ3n) is 3.35. The average molecular weight is 325 g/mol. The number of benzene rings is 1. The Labute approximate surface area is 129 Å². The number of nitrogens with zero attached hydrogens (tertiary/aromatic N) is 1. The number of nitrogens with one attached hydrogen (secondary N) is 1. The van der Waals surface area contributed by atoms with Gasteiger partial charge in [0, 0.05) is 16.8 Å². The van der Waals surface area contributed by atoms with Gasteiger partial charge in [0.2, 0.25) is 10.0 Å². The second-order valence-electron chi connectivity index (χ2n) is 4.85. The van der Waals surface area contributed by atoms with Crippen LogP contribution < -0.4 is 10.5 Å². The van der Waals surface area contributed by atoms with Crippen molar-refractivity contribution in [3.05, 3.63) is 39.3 Å². The Morgan fingerprint density at radius 3 is 2.62 bits per heavy atom. The number of rotatable bonds is 5. The van der Waals surface area contributed by atoms with Crippen LogP contribution in [0.15, 0.2) is 23.2 Å². The van der Waals surface area contributed by atoms with Crippen molar-refractivity contribution < 1.29 is 8.42 Å². The summed E-state index contributed by atoms with van der Waals surface area (Å²) in [7, 11) is -3.58. The quantitative estimate of drug-likeness (QED) is 0.827. The van der Waals surface area contributed by atoms with Crippen molar-refractivity contribution >= 4 is 27.0 Å². The van der Waals surface area contributed by atoms with Gasteiger partial charge < -0.3 is 5.73 Å². The van der Waals surface area contributed by atoms with E-state index in [1.807, 2.05) is 20.8 Å². The van der Waals surface area contributed by atoms with Crippen LogP contribution in [0.3, 0.4) is 0 Å². The van der Waals surface area contributed by atoms with Crippen molar-refractivity contribution in [3.63, 3.8) is 0 Å². The molecule has 1 heterocycles. The minimum Gasteiger partial charge on any atom is -0.398 e. The maximum absolute atomic E-state index is 12.3. The first-order valence-corrected chi connectivity index (χ1v) is 8.93. The summed E-state index contributed by atoms with van der Waals surface area (Å²) < 4.78 is 27.2. The molecule has 0 radical (unpaired) electrons. The molecule has 114 valence electrons. The first-order valence-electron chi connectivity index (χ1n) is 6.63. The Kier molecular flexibility index (Phi) is 4.65. The summed E-state index contributed by atoms with van der Waals surface area (Å²) in [6, 6.07) is 3.12. The van der Waals surface area contributed by atoms with Crippen LogP contribution in [0.5, 0.6) is 0 Å². The predicted octanol–water partition coefficient (Wildman–Crippen LogP) is 2.38. The van der Waals surface area contributed by atoms with Gasteiger partial charge in [0.25, 0.3) is 0 Å². The summed E-state index contributed by atoms with van der Waals surface area (Å²) in [6.45, 7) is 5.95. The lowest BCUT2D eigenvalue weighted by atomic mass is 10.1. The van der Waals surface area contributed by atoms with Crippen molar-refractivity contribution in [1.29, 1.82) is 0 Å². The number of anilines is 1. The first kappa shape index (κ1) is 15.9. The summed E-state index contributed by atoms with van der Waals surface area (Å²) in [5.74, 6) is 0. The molecule has 0 aliphatic heterocycles. The molecule has 0 aliphatic rings. The highest BCUT2D eigenvalue weighted by atomic mass is 32.2. The van der Waals surface area contributed by atoms with E-state index >= 15 is 0 Å². The van der Waals surface area contributed by atoms with E-state index in [4.69, 9.17) is 5.73 Å². The van der Waals surface area contributed by atoms with E-state index in [2.05, 4.69) is 9.71 Å². The van der Waals surface area contributed by atoms with E-state index in [1.165, 1.54) is 17.4 Å². The highest BCUT2D eigenvalue weighted by Crippen LogP contribution is 2.22. The maximum Gasteiger partial charge on any atom is 0.241 e. The molecule has 5 nitrogen and oxygen atoms in total. The van der Waals surface area contributed by atoms with Gasteiger partial charge in [-0.2, -0.15) is 0 Å². The molecular weight excluding hydrogens is 306 g/mol. The van der Waals surface area contributed by atoms with Gasteiger partial charge in [-0.25, -0.2) is 18.1 Å². The van der Waals surface area contributed by atoms with Crippen LogP contribution in [-0.2, 0) is 23.0 Å².